The van der Waals surface area contributed by atoms with Gasteiger partial charge in [0.2, 0.25) is 0 Å². The van der Waals surface area contributed by atoms with Crippen LogP contribution in [-0.2, 0) is 4.74 Å². The molecule has 0 aromatic heterocycles. The molecule has 0 aliphatic carbocycles. The molecule has 0 bridgehead atoms. The molecule has 2 aromatic carbocycles. The van der Waals surface area contributed by atoms with Crippen LogP contribution in [0.25, 0.3) is 0 Å². The molecule has 1 saturated heterocycles. The molecule has 0 saturated carbocycles. The standard InChI is InChI=1S/C18H18ClNO3/c19-14-3-1-4-15(11-14)20-18(21)13-6-8-16(9-7-13)23-12-17-5-2-10-22-17/h1,3-4,6-9,11,17H,2,5,10,12H2,(H,20,21)/t17-/m0/s1. The van der Waals surface area contributed by atoms with Crippen molar-refractivity contribution in [1.29, 1.82) is 0 Å². The predicted molar refractivity (Wildman–Crippen MR) is 90.3 cm³/mol. The van der Waals surface area contributed by atoms with Gasteiger partial charge in [0.25, 0.3) is 5.91 Å². The smallest absolute Gasteiger partial charge is 0.255 e. The first-order chi connectivity index (χ1) is 11.2. The lowest BCUT2D eigenvalue weighted by Gasteiger charge is -2.12. The third-order valence-electron chi connectivity index (χ3n) is 3.66. The summed E-state index contributed by atoms with van der Waals surface area (Å²) in [5.41, 5.74) is 1.23. The highest BCUT2D eigenvalue weighted by atomic mass is 35.5. The van der Waals surface area contributed by atoms with Gasteiger partial charge in [-0.2, -0.15) is 0 Å². The van der Waals surface area contributed by atoms with E-state index in [9.17, 15) is 4.79 Å². The van der Waals surface area contributed by atoms with Gasteiger partial charge in [-0.1, -0.05) is 17.7 Å². The Bertz CT molecular complexity index is 666. The van der Waals surface area contributed by atoms with Crippen LogP contribution in [0.2, 0.25) is 5.02 Å². The van der Waals surface area contributed by atoms with Crippen molar-refractivity contribution in [3.8, 4) is 5.75 Å². The molecule has 1 atom stereocenters. The summed E-state index contributed by atoms with van der Waals surface area (Å²) in [7, 11) is 0. The van der Waals surface area contributed by atoms with Gasteiger partial charge in [0.05, 0.1) is 6.10 Å². The van der Waals surface area contributed by atoms with Crippen LogP contribution < -0.4 is 10.1 Å². The van der Waals surface area contributed by atoms with Crippen molar-refractivity contribution in [2.24, 2.45) is 0 Å². The van der Waals surface area contributed by atoms with Gasteiger partial charge in [-0.05, 0) is 55.3 Å². The molecule has 1 aliphatic rings. The zero-order valence-electron chi connectivity index (χ0n) is 12.6. The molecule has 0 radical (unpaired) electrons. The van der Waals surface area contributed by atoms with Crippen LogP contribution in [0.5, 0.6) is 5.75 Å². The second kappa shape index (κ2) is 7.49. The van der Waals surface area contributed by atoms with Crippen LogP contribution >= 0.6 is 11.6 Å². The molecule has 1 amide bonds. The summed E-state index contributed by atoms with van der Waals surface area (Å²) in [6.07, 6.45) is 2.32. The van der Waals surface area contributed by atoms with Crippen LogP contribution in [0.1, 0.15) is 23.2 Å². The van der Waals surface area contributed by atoms with Crippen LogP contribution in [0.3, 0.4) is 0 Å². The maximum absolute atomic E-state index is 12.2. The number of carbonyl (C=O) groups excluding carboxylic acids is 1. The minimum atomic E-state index is -0.182. The Balaban J connectivity index is 1.56. The quantitative estimate of drug-likeness (QED) is 0.895. The molecule has 0 spiro atoms. The van der Waals surface area contributed by atoms with E-state index in [0.29, 0.717) is 22.9 Å². The van der Waals surface area contributed by atoms with Crippen molar-refractivity contribution < 1.29 is 14.3 Å². The first-order valence-electron chi connectivity index (χ1n) is 7.62. The van der Waals surface area contributed by atoms with E-state index >= 15 is 0 Å². The van der Waals surface area contributed by atoms with Gasteiger partial charge in [0.15, 0.2) is 0 Å². The van der Waals surface area contributed by atoms with Gasteiger partial charge in [-0.15, -0.1) is 0 Å². The summed E-state index contributed by atoms with van der Waals surface area (Å²) in [6, 6.07) is 14.1. The number of anilines is 1. The maximum Gasteiger partial charge on any atom is 0.255 e. The van der Waals surface area contributed by atoms with Crippen molar-refractivity contribution in [3.05, 3.63) is 59.1 Å². The second-order valence-electron chi connectivity index (χ2n) is 5.43. The van der Waals surface area contributed by atoms with Gasteiger partial charge in [0, 0.05) is 22.9 Å². The molecule has 1 N–H and O–H groups in total. The largest absolute Gasteiger partial charge is 0.491 e. The average Bonchev–Trinajstić information content (AvgIpc) is 3.07. The van der Waals surface area contributed by atoms with E-state index in [4.69, 9.17) is 21.1 Å². The molecule has 4 nitrogen and oxygen atoms in total. The summed E-state index contributed by atoms with van der Waals surface area (Å²) in [5.74, 6) is 0.553. The number of carbonyl (C=O) groups is 1. The third kappa shape index (κ3) is 4.47. The van der Waals surface area contributed by atoms with E-state index in [-0.39, 0.29) is 12.0 Å². The number of hydrogen-bond donors (Lipinski definition) is 1. The summed E-state index contributed by atoms with van der Waals surface area (Å²) in [5, 5.41) is 3.40. The number of hydrogen-bond acceptors (Lipinski definition) is 3. The number of rotatable bonds is 5. The first-order valence-corrected chi connectivity index (χ1v) is 8.00. The topological polar surface area (TPSA) is 47.6 Å². The zero-order chi connectivity index (χ0) is 16.1. The molecule has 2 aromatic rings. The Labute approximate surface area is 140 Å². The van der Waals surface area contributed by atoms with Crippen LogP contribution in [-0.4, -0.2) is 25.2 Å². The molecule has 120 valence electrons. The Morgan fingerprint density at radius 3 is 2.78 bits per heavy atom. The Morgan fingerprint density at radius 2 is 2.09 bits per heavy atom. The lowest BCUT2D eigenvalue weighted by molar-refractivity contribution is 0.0679. The maximum atomic E-state index is 12.2. The van der Waals surface area contributed by atoms with Gasteiger partial charge in [-0.3, -0.25) is 4.79 Å². The van der Waals surface area contributed by atoms with Crippen molar-refractivity contribution >= 4 is 23.2 Å². The van der Waals surface area contributed by atoms with E-state index in [1.807, 2.05) is 0 Å². The van der Waals surface area contributed by atoms with Crippen molar-refractivity contribution in [1.82, 2.24) is 0 Å². The molecule has 23 heavy (non-hydrogen) atoms. The lowest BCUT2D eigenvalue weighted by Crippen LogP contribution is -2.16. The van der Waals surface area contributed by atoms with Crippen molar-refractivity contribution in [2.75, 3.05) is 18.5 Å². The lowest BCUT2D eigenvalue weighted by atomic mass is 10.2. The fraction of sp³-hybridized carbons (Fsp3) is 0.278. The summed E-state index contributed by atoms with van der Waals surface area (Å²) < 4.78 is 11.2. The highest BCUT2D eigenvalue weighted by molar-refractivity contribution is 6.30. The SMILES string of the molecule is O=C(Nc1cccc(Cl)c1)c1ccc(OC[C@@H]2CCCO2)cc1. The minimum absolute atomic E-state index is 0.181. The van der Waals surface area contributed by atoms with E-state index in [1.165, 1.54) is 0 Å². The zero-order valence-corrected chi connectivity index (χ0v) is 13.4. The van der Waals surface area contributed by atoms with Crippen molar-refractivity contribution in [3.63, 3.8) is 0 Å². The molecule has 1 fully saturated rings. The molecule has 0 unspecified atom stereocenters. The molecule has 1 aliphatic heterocycles. The van der Waals surface area contributed by atoms with E-state index in [2.05, 4.69) is 5.32 Å². The normalized spacial score (nSPS) is 17.0. The highest BCUT2D eigenvalue weighted by Crippen LogP contribution is 2.18. The fourth-order valence-electron chi connectivity index (χ4n) is 2.44. The number of nitrogens with one attached hydrogen (secondary N) is 1. The van der Waals surface area contributed by atoms with Crippen LogP contribution in [0, 0.1) is 0 Å². The fourth-order valence-corrected chi connectivity index (χ4v) is 2.63. The van der Waals surface area contributed by atoms with Crippen LogP contribution in [0.4, 0.5) is 5.69 Å². The second-order valence-corrected chi connectivity index (χ2v) is 5.87. The Kier molecular flexibility index (Phi) is 5.16. The monoisotopic (exact) mass is 331 g/mol. The molecular weight excluding hydrogens is 314 g/mol. The minimum Gasteiger partial charge on any atom is -0.491 e. The molecule has 3 rings (SSSR count). The Hall–Kier alpha value is -2.04. The van der Waals surface area contributed by atoms with Gasteiger partial charge >= 0.3 is 0 Å². The third-order valence-corrected chi connectivity index (χ3v) is 3.89. The van der Waals surface area contributed by atoms with E-state index in [1.54, 1.807) is 48.5 Å². The van der Waals surface area contributed by atoms with Crippen LogP contribution in [0.15, 0.2) is 48.5 Å². The number of halogens is 1. The van der Waals surface area contributed by atoms with E-state index < -0.39 is 0 Å². The number of ether oxygens (including phenoxy) is 2. The van der Waals surface area contributed by atoms with Crippen molar-refractivity contribution in [2.45, 2.75) is 18.9 Å². The number of amides is 1. The average molecular weight is 332 g/mol. The molecule has 5 heteroatoms. The summed E-state index contributed by atoms with van der Waals surface area (Å²) in [4.78, 5) is 12.2. The van der Waals surface area contributed by atoms with Gasteiger partial charge in [0.1, 0.15) is 12.4 Å². The number of benzene rings is 2. The van der Waals surface area contributed by atoms with Gasteiger partial charge < -0.3 is 14.8 Å². The summed E-state index contributed by atoms with van der Waals surface area (Å²) in [6.45, 7) is 1.37. The predicted octanol–water partition coefficient (Wildman–Crippen LogP) is 4.15. The summed E-state index contributed by atoms with van der Waals surface area (Å²) >= 11 is 5.91. The highest BCUT2D eigenvalue weighted by Gasteiger charge is 2.16. The van der Waals surface area contributed by atoms with E-state index in [0.717, 1.165) is 25.2 Å². The molecule has 1 heterocycles. The first kappa shape index (κ1) is 15.8. The Morgan fingerprint density at radius 1 is 1.26 bits per heavy atom. The van der Waals surface area contributed by atoms with Gasteiger partial charge in [-0.25, -0.2) is 0 Å². The molecular formula is C18H18ClNO3.